The van der Waals surface area contributed by atoms with Gasteiger partial charge in [-0.05, 0) is 61.4 Å². The van der Waals surface area contributed by atoms with Crippen molar-refractivity contribution in [2.24, 2.45) is 0 Å². The van der Waals surface area contributed by atoms with Crippen molar-refractivity contribution in [2.45, 2.75) is 20.3 Å². The average molecular weight is 363 g/mol. The van der Waals surface area contributed by atoms with Crippen LogP contribution in [0.2, 0.25) is 0 Å². The molecule has 1 heterocycles. The van der Waals surface area contributed by atoms with Crippen molar-refractivity contribution < 1.29 is 14.3 Å². The summed E-state index contributed by atoms with van der Waals surface area (Å²) in [5.41, 5.74) is 4.08. The molecule has 0 aliphatic heterocycles. The number of hydrogen-bond acceptors (Lipinski definition) is 4. The number of nitrogens with one attached hydrogen (secondary N) is 1. The molecule has 0 saturated heterocycles. The van der Waals surface area contributed by atoms with E-state index in [9.17, 15) is 9.59 Å². The van der Waals surface area contributed by atoms with Gasteiger partial charge in [0.1, 0.15) is 0 Å². The number of carbonyl (C=O) groups excluding carboxylic acids is 2. The van der Waals surface area contributed by atoms with E-state index in [4.69, 9.17) is 4.74 Å². The van der Waals surface area contributed by atoms with Crippen molar-refractivity contribution in [3.05, 3.63) is 77.6 Å². The van der Waals surface area contributed by atoms with Gasteiger partial charge in [0.15, 0.2) is 6.61 Å². The lowest BCUT2D eigenvalue weighted by Crippen LogP contribution is -2.20. The predicted molar refractivity (Wildman–Crippen MR) is 103 cm³/mol. The molecule has 0 radical (unpaired) electrons. The molecule has 0 atom stereocenters. The summed E-state index contributed by atoms with van der Waals surface area (Å²) in [7, 11) is 0. The van der Waals surface area contributed by atoms with Crippen molar-refractivity contribution in [3.63, 3.8) is 0 Å². The minimum absolute atomic E-state index is 0.339. The van der Waals surface area contributed by atoms with Crippen LogP contribution in [0.3, 0.4) is 0 Å². The highest BCUT2D eigenvalue weighted by Crippen LogP contribution is 2.13. The fraction of sp³-hybridized carbons (Fsp3) is 0.190. The molecular formula is C21H21N3O3. The first-order valence-electron chi connectivity index (χ1n) is 8.74. The Kier molecular flexibility index (Phi) is 5.66. The van der Waals surface area contributed by atoms with E-state index in [0.717, 1.165) is 17.8 Å². The third kappa shape index (κ3) is 4.61. The summed E-state index contributed by atoms with van der Waals surface area (Å²) < 4.78 is 6.86. The zero-order chi connectivity index (χ0) is 19.2. The molecule has 0 fully saturated rings. The summed E-state index contributed by atoms with van der Waals surface area (Å²) in [5.74, 6) is -0.924. The summed E-state index contributed by atoms with van der Waals surface area (Å²) in [5, 5.41) is 6.92. The number of esters is 1. The van der Waals surface area contributed by atoms with Crippen LogP contribution in [-0.2, 0) is 16.0 Å². The van der Waals surface area contributed by atoms with E-state index >= 15 is 0 Å². The third-order valence-corrected chi connectivity index (χ3v) is 4.16. The minimum atomic E-state index is -0.546. The highest BCUT2D eigenvalue weighted by atomic mass is 16.5. The maximum atomic E-state index is 12.1. The normalized spacial score (nSPS) is 10.4. The molecule has 0 bridgehead atoms. The molecule has 6 nitrogen and oxygen atoms in total. The van der Waals surface area contributed by atoms with Gasteiger partial charge in [-0.2, -0.15) is 5.10 Å². The molecule has 138 valence electrons. The van der Waals surface area contributed by atoms with E-state index in [1.807, 2.05) is 37.3 Å². The van der Waals surface area contributed by atoms with Crippen LogP contribution >= 0.6 is 0 Å². The number of benzene rings is 2. The summed E-state index contributed by atoms with van der Waals surface area (Å²) in [6.45, 7) is 3.67. The zero-order valence-corrected chi connectivity index (χ0v) is 15.3. The molecule has 0 unspecified atom stereocenters. The molecule has 0 spiro atoms. The quantitative estimate of drug-likeness (QED) is 0.680. The van der Waals surface area contributed by atoms with Gasteiger partial charge in [-0.1, -0.05) is 19.1 Å². The van der Waals surface area contributed by atoms with Crippen LogP contribution in [0, 0.1) is 6.92 Å². The number of anilines is 1. The molecule has 0 aliphatic rings. The fourth-order valence-corrected chi connectivity index (χ4v) is 2.61. The van der Waals surface area contributed by atoms with Crippen LogP contribution in [-0.4, -0.2) is 28.3 Å². The van der Waals surface area contributed by atoms with Gasteiger partial charge in [-0.15, -0.1) is 0 Å². The van der Waals surface area contributed by atoms with E-state index in [0.29, 0.717) is 11.3 Å². The molecule has 3 rings (SSSR count). The van der Waals surface area contributed by atoms with Crippen molar-refractivity contribution in [2.75, 3.05) is 11.9 Å². The second-order valence-corrected chi connectivity index (χ2v) is 6.11. The van der Waals surface area contributed by atoms with Gasteiger partial charge in [-0.3, -0.25) is 4.79 Å². The highest BCUT2D eigenvalue weighted by Gasteiger charge is 2.11. The maximum absolute atomic E-state index is 12.1. The monoisotopic (exact) mass is 363 g/mol. The molecule has 2 aromatic carbocycles. The Balaban J connectivity index is 1.54. The van der Waals surface area contributed by atoms with Gasteiger partial charge in [0.25, 0.3) is 5.91 Å². The SMILES string of the molecule is CCc1ccc(NC(=O)COC(=O)c2ccc(-n3nccc3C)cc2)cc1. The maximum Gasteiger partial charge on any atom is 0.338 e. The third-order valence-electron chi connectivity index (χ3n) is 4.16. The fourth-order valence-electron chi connectivity index (χ4n) is 2.61. The number of aryl methyl sites for hydroxylation is 2. The Morgan fingerprint density at radius 1 is 1.04 bits per heavy atom. The number of aromatic nitrogens is 2. The molecule has 0 saturated carbocycles. The number of carbonyl (C=O) groups is 2. The molecule has 27 heavy (non-hydrogen) atoms. The lowest BCUT2D eigenvalue weighted by molar-refractivity contribution is -0.119. The number of ether oxygens (including phenoxy) is 1. The molecule has 3 aromatic rings. The second-order valence-electron chi connectivity index (χ2n) is 6.11. The van der Waals surface area contributed by atoms with Gasteiger partial charge in [0.2, 0.25) is 0 Å². The molecule has 6 heteroatoms. The van der Waals surface area contributed by atoms with Gasteiger partial charge in [-0.25, -0.2) is 9.48 Å². The Bertz CT molecular complexity index is 928. The van der Waals surface area contributed by atoms with E-state index in [1.165, 1.54) is 5.56 Å². The van der Waals surface area contributed by atoms with Crippen molar-refractivity contribution in [1.82, 2.24) is 9.78 Å². The van der Waals surface area contributed by atoms with Crippen LogP contribution in [0.4, 0.5) is 5.69 Å². The largest absolute Gasteiger partial charge is 0.452 e. The molecule has 1 N–H and O–H groups in total. The summed E-state index contributed by atoms with van der Waals surface area (Å²) in [6.07, 6.45) is 2.65. The Morgan fingerprint density at radius 2 is 1.74 bits per heavy atom. The lowest BCUT2D eigenvalue weighted by Gasteiger charge is -2.08. The van der Waals surface area contributed by atoms with Crippen LogP contribution in [0.15, 0.2) is 60.8 Å². The van der Waals surface area contributed by atoms with E-state index in [1.54, 1.807) is 35.1 Å². The van der Waals surface area contributed by atoms with Crippen LogP contribution in [0.5, 0.6) is 0 Å². The summed E-state index contributed by atoms with van der Waals surface area (Å²) in [4.78, 5) is 24.1. The molecule has 0 aliphatic carbocycles. The molecule has 1 aromatic heterocycles. The average Bonchev–Trinajstić information content (AvgIpc) is 3.13. The molecular weight excluding hydrogens is 342 g/mol. The Morgan fingerprint density at radius 3 is 2.33 bits per heavy atom. The first-order chi connectivity index (χ1) is 13.1. The number of amides is 1. The second kappa shape index (κ2) is 8.31. The van der Waals surface area contributed by atoms with Crippen molar-refractivity contribution in [1.29, 1.82) is 0 Å². The van der Waals surface area contributed by atoms with E-state index < -0.39 is 5.97 Å². The molecule has 1 amide bonds. The van der Waals surface area contributed by atoms with Crippen LogP contribution < -0.4 is 5.32 Å². The summed E-state index contributed by atoms with van der Waals surface area (Å²) >= 11 is 0. The van der Waals surface area contributed by atoms with Crippen LogP contribution in [0.25, 0.3) is 5.69 Å². The van der Waals surface area contributed by atoms with E-state index in [2.05, 4.69) is 17.3 Å². The standard InChI is InChI=1S/C21H21N3O3/c1-3-16-4-8-18(9-5-16)23-20(25)14-27-21(26)17-6-10-19(11-7-17)24-15(2)12-13-22-24/h4-13H,3,14H2,1-2H3,(H,23,25). The highest BCUT2D eigenvalue weighted by molar-refractivity contribution is 5.95. The van der Waals surface area contributed by atoms with Crippen LogP contribution in [0.1, 0.15) is 28.5 Å². The number of nitrogens with zero attached hydrogens (tertiary/aromatic N) is 2. The van der Waals surface area contributed by atoms with Gasteiger partial charge in [0, 0.05) is 17.6 Å². The lowest BCUT2D eigenvalue weighted by atomic mass is 10.1. The van der Waals surface area contributed by atoms with Crippen molar-refractivity contribution in [3.8, 4) is 5.69 Å². The summed E-state index contributed by atoms with van der Waals surface area (Å²) in [6, 6.07) is 16.3. The smallest absolute Gasteiger partial charge is 0.338 e. The Labute approximate surface area is 157 Å². The van der Waals surface area contributed by atoms with Crippen molar-refractivity contribution >= 4 is 17.6 Å². The first-order valence-corrected chi connectivity index (χ1v) is 8.74. The number of hydrogen-bond donors (Lipinski definition) is 1. The minimum Gasteiger partial charge on any atom is -0.452 e. The van der Waals surface area contributed by atoms with E-state index in [-0.39, 0.29) is 12.5 Å². The van der Waals surface area contributed by atoms with Gasteiger partial charge in [0.05, 0.1) is 11.3 Å². The predicted octanol–water partition coefficient (Wildman–Crippen LogP) is 3.54. The zero-order valence-electron chi connectivity index (χ0n) is 15.3. The van der Waals surface area contributed by atoms with Gasteiger partial charge >= 0.3 is 5.97 Å². The number of rotatable bonds is 6. The first kappa shape index (κ1) is 18.4. The van der Waals surface area contributed by atoms with Gasteiger partial charge < -0.3 is 10.1 Å². The Hall–Kier alpha value is -3.41. The topological polar surface area (TPSA) is 73.2 Å².